The summed E-state index contributed by atoms with van der Waals surface area (Å²) in [6.07, 6.45) is 0.203. The van der Waals surface area contributed by atoms with Crippen LogP contribution >= 0.6 is 0 Å². The van der Waals surface area contributed by atoms with E-state index in [1.54, 1.807) is 36.4 Å². The summed E-state index contributed by atoms with van der Waals surface area (Å²) in [5.74, 6) is -0.0327. The van der Waals surface area contributed by atoms with E-state index in [1.807, 2.05) is 61.5 Å². The Labute approximate surface area is 217 Å². The van der Waals surface area contributed by atoms with Crippen molar-refractivity contribution in [2.75, 3.05) is 5.32 Å². The van der Waals surface area contributed by atoms with Crippen LogP contribution in [-0.2, 0) is 16.6 Å². The first-order valence-corrected chi connectivity index (χ1v) is 12.2. The molecule has 0 aliphatic carbocycles. The molecular formula is C32H31NO4. The molecular weight excluding hydrogens is 462 g/mol. The van der Waals surface area contributed by atoms with Crippen LogP contribution in [0.3, 0.4) is 0 Å². The van der Waals surface area contributed by atoms with Gasteiger partial charge < -0.3 is 15.2 Å². The molecule has 5 nitrogen and oxygen atoms in total. The van der Waals surface area contributed by atoms with Gasteiger partial charge in [-0.1, -0.05) is 93.1 Å². The fourth-order valence-electron chi connectivity index (χ4n) is 4.18. The number of ether oxygens (including phenoxy) is 1. The van der Waals surface area contributed by atoms with E-state index in [0.29, 0.717) is 28.3 Å². The number of aromatic carboxylic acids is 1. The van der Waals surface area contributed by atoms with Crippen LogP contribution in [0.1, 0.15) is 47.8 Å². The number of carboxylic acids is 1. The minimum absolute atomic E-state index is 0.147. The van der Waals surface area contributed by atoms with E-state index in [1.165, 1.54) is 0 Å². The van der Waals surface area contributed by atoms with Crippen LogP contribution in [-0.4, -0.2) is 17.0 Å². The average molecular weight is 494 g/mol. The number of benzene rings is 4. The molecule has 0 atom stereocenters. The molecule has 0 fully saturated rings. The quantitative estimate of drug-likeness (QED) is 0.277. The van der Waals surface area contributed by atoms with Gasteiger partial charge in [0.2, 0.25) is 5.91 Å². The van der Waals surface area contributed by atoms with E-state index in [0.717, 1.165) is 16.7 Å². The lowest BCUT2D eigenvalue weighted by molar-refractivity contribution is -0.115. The molecule has 2 N–H and O–H groups in total. The minimum atomic E-state index is -1.01. The summed E-state index contributed by atoms with van der Waals surface area (Å²) in [4.78, 5) is 24.9. The number of hydrogen-bond acceptors (Lipinski definition) is 3. The Balaban J connectivity index is 1.74. The minimum Gasteiger partial charge on any atom is -0.478 e. The second kappa shape index (κ2) is 10.7. The van der Waals surface area contributed by atoms with Gasteiger partial charge in [0, 0.05) is 5.56 Å². The molecule has 188 valence electrons. The largest absolute Gasteiger partial charge is 0.478 e. The molecule has 0 radical (unpaired) electrons. The van der Waals surface area contributed by atoms with Gasteiger partial charge in [-0.2, -0.15) is 0 Å². The molecule has 4 aromatic carbocycles. The van der Waals surface area contributed by atoms with Crippen molar-refractivity contribution in [2.24, 2.45) is 0 Å². The molecule has 1 amide bonds. The molecule has 0 saturated carbocycles. The van der Waals surface area contributed by atoms with Gasteiger partial charge in [-0.3, -0.25) is 4.79 Å². The Hall–Kier alpha value is -4.38. The van der Waals surface area contributed by atoms with Crippen LogP contribution < -0.4 is 10.1 Å². The number of carbonyl (C=O) groups excluding carboxylic acids is 1. The van der Waals surface area contributed by atoms with Gasteiger partial charge in [-0.05, 0) is 53.3 Å². The summed E-state index contributed by atoms with van der Waals surface area (Å²) in [6, 6.07) is 27.8. The third-order valence-electron chi connectivity index (χ3n) is 6.12. The molecule has 0 aromatic heterocycles. The highest BCUT2D eigenvalue weighted by molar-refractivity contribution is 5.98. The Morgan fingerprint density at radius 1 is 0.838 bits per heavy atom. The number of carboxylic acid groups (broad SMARTS) is 1. The first-order chi connectivity index (χ1) is 17.6. The molecule has 0 spiro atoms. The standard InChI is InChI=1S/C32H31NO4/c1-21-13-15-22(16-14-21)19-30(34)33-27-20-23(24-9-5-6-10-25(24)31(35)36)17-18-29(27)37-28-12-8-7-11-26(28)32(2,3)4/h5-18,20H,19H2,1-4H3,(H,33,34)(H,35,36). The fraction of sp³-hybridized carbons (Fsp3) is 0.188. The van der Waals surface area contributed by atoms with E-state index in [4.69, 9.17) is 4.74 Å². The highest BCUT2D eigenvalue weighted by Crippen LogP contribution is 2.39. The maximum atomic E-state index is 13.1. The zero-order valence-electron chi connectivity index (χ0n) is 21.5. The molecule has 4 rings (SSSR count). The fourth-order valence-corrected chi connectivity index (χ4v) is 4.18. The van der Waals surface area contributed by atoms with Crippen molar-refractivity contribution < 1.29 is 19.4 Å². The van der Waals surface area contributed by atoms with Crippen molar-refractivity contribution in [3.63, 3.8) is 0 Å². The van der Waals surface area contributed by atoms with E-state index >= 15 is 0 Å². The number of carbonyl (C=O) groups is 2. The SMILES string of the molecule is Cc1ccc(CC(=O)Nc2cc(-c3ccccc3C(=O)O)ccc2Oc2ccccc2C(C)(C)C)cc1. The monoisotopic (exact) mass is 493 g/mol. The smallest absolute Gasteiger partial charge is 0.336 e. The zero-order chi connectivity index (χ0) is 26.6. The molecule has 5 heteroatoms. The van der Waals surface area contributed by atoms with Gasteiger partial charge >= 0.3 is 5.97 Å². The van der Waals surface area contributed by atoms with Gasteiger partial charge in [0.1, 0.15) is 5.75 Å². The topological polar surface area (TPSA) is 75.6 Å². The number of hydrogen-bond donors (Lipinski definition) is 2. The average Bonchev–Trinajstić information content (AvgIpc) is 2.86. The summed E-state index contributed by atoms with van der Waals surface area (Å²) in [7, 11) is 0. The summed E-state index contributed by atoms with van der Waals surface area (Å²) >= 11 is 0. The molecule has 0 aliphatic rings. The predicted molar refractivity (Wildman–Crippen MR) is 148 cm³/mol. The van der Waals surface area contributed by atoms with Crippen molar-refractivity contribution in [1.82, 2.24) is 0 Å². The van der Waals surface area contributed by atoms with Crippen LogP contribution in [0.4, 0.5) is 5.69 Å². The van der Waals surface area contributed by atoms with Crippen LogP contribution in [0.5, 0.6) is 11.5 Å². The van der Waals surface area contributed by atoms with E-state index in [-0.39, 0.29) is 23.3 Å². The van der Waals surface area contributed by atoms with Gasteiger partial charge in [0.05, 0.1) is 17.7 Å². The normalized spacial score (nSPS) is 11.1. The second-order valence-corrected chi connectivity index (χ2v) is 10.1. The molecule has 0 bridgehead atoms. The lowest BCUT2D eigenvalue weighted by Gasteiger charge is -2.23. The van der Waals surface area contributed by atoms with Crippen molar-refractivity contribution in [1.29, 1.82) is 0 Å². The Bertz CT molecular complexity index is 1430. The first kappa shape index (κ1) is 25.7. The lowest BCUT2D eigenvalue weighted by Crippen LogP contribution is -2.16. The summed E-state index contributed by atoms with van der Waals surface area (Å²) in [5.41, 5.74) is 4.80. The second-order valence-electron chi connectivity index (χ2n) is 10.1. The van der Waals surface area contributed by atoms with Crippen LogP contribution in [0, 0.1) is 6.92 Å². The number of rotatable bonds is 7. The van der Waals surface area contributed by atoms with E-state index < -0.39 is 5.97 Å². The summed E-state index contributed by atoms with van der Waals surface area (Å²) < 4.78 is 6.37. The maximum absolute atomic E-state index is 13.1. The molecule has 0 unspecified atom stereocenters. The third kappa shape index (κ3) is 6.25. The highest BCUT2D eigenvalue weighted by atomic mass is 16.5. The number of aryl methyl sites for hydroxylation is 1. The molecule has 4 aromatic rings. The molecule has 0 saturated heterocycles. The predicted octanol–water partition coefficient (Wildman–Crippen LogP) is 7.63. The summed E-state index contributed by atoms with van der Waals surface area (Å²) in [6.45, 7) is 8.35. The van der Waals surface area contributed by atoms with E-state index in [2.05, 4.69) is 26.1 Å². The number of amides is 1. The molecule has 37 heavy (non-hydrogen) atoms. The Morgan fingerprint density at radius 3 is 2.22 bits per heavy atom. The lowest BCUT2D eigenvalue weighted by atomic mass is 9.86. The first-order valence-electron chi connectivity index (χ1n) is 12.2. The van der Waals surface area contributed by atoms with Gasteiger partial charge in [0.15, 0.2) is 5.75 Å². The summed E-state index contributed by atoms with van der Waals surface area (Å²) in [5, 5.41) is 12.7. The number of para-hydroxylation sites is 1. The maximum Gasteiger partial charge on any atom is 0.336 e. The van der Waals surface area contributed by atoms with Gasteiger partial charge in [-0.25, -0.2) is 4.79 Å². The Kier molecular flexibility index (Phi) is 7.44. The Morgan fingerprint density at radius 2 is 1.51 bits per heavy atom. The van der Waals surface area contributed by atoms with Crippen molar-refractivity contribution >= 4 is 17.6 Å². The van der Waals surface area contributed by atoms with Crippen molar-refractivity contribution in [2.45, 2.75) is 39.5 Å². The van der Waals surface area contributed by atoms with Crippen molar-refractivity contribution in [3.05, 3.63) is 113 Å². The van der Waals surface area contributed by atoms with Gasteiger partial charge in [0.25, 0.3) is 0 Å². The molecule has 0 aliphatic heterocycles. The van der Waals surface area contributed by atoms with Crippen LogP contribution in [0.15, 0.2) is 91.0 Å². The van der Waals surface area contributed by atoms with Gasteiger partial charge in [-0.15, -0.1) is 0 Å². The third-order valence-corrected chi connectivity index (χ3v) is 6.12. The van der Waals surface area contributed by atoms with Crippen LogP contribution in [0.25, 0.3) is 11.1 Å². The highest BCUT2D eigenvalue weighted by Gasteiger charge is 2.21. The van der Waals surface area contributed by atoms with E-state index in [9.17, 15) is 14.7 Å². The number of anilines is 1. The number of nitrogens with one attached hydrogen (secondary N) is 1. The van der Waals surface area contributed by atoms with Crippen LogP contribution in [0.2, 0.25) is 0 Å². The van der Waals surface area contributed by atoms with Crippen molar-refractivity contribution in [3.8, 4) is 22.6 Å². The zero-order valence-corrected chi connectivity index (χ0v) is 21.5. The molecule has 0 heterocycles.